The molecule has 1 aliphatic heterocycles. The molecule has 2 aliphatic rings. The first-order valence-corrected chi connectivity index (χ1v) is 10.6. The van der Waals surface area contributed by atoms with Gasteiger partial charge in [-0.25, -0.2) is 4.79 Å². The van der Waals surface area contributed by atoms with Crippen LogP contribution in [0.3, 0.4) is 0 Å². The third-order valence-corrected chi connectivity index (χ3v) is 5.86. The molecule has 0 bridgehead atoms. The van der Waals surface area contributed by atoms with Crippen LogP contribution < -0.4 is 5.32 Å². The Morgan fingerprint density at radius 3 is 2.40 bits per heavy atom. The van der Waals surface area contributed by atoms with Gasteiger partial charge in [-0.2, -0.15) is 0 Å². The summed E-state index contributed by atoms with van der Waals surface area (Å²) in [6, 6.07) is 0.0524. The minimum Gasteiger partial charge on any atom is -0.444 e. The number of carbonyl (C=O) groups excluding carboxylic acids is 2. The van der Waals surface area contributed by atoms with Gasteiger partial charge in [0, 0.05) is 29.9 Å². The maximum absolute atomic E-state index is 12.7. The van der Waals surface area contributed by atoms with Gasteiger partial charge in [0.1, 0.15) is 5.60 Å². The Hall–Kier alpha value is -0.780. The monoisotopic (exact) mass is 416 g/mol. The minimum absolute atomic E-state index is 0.0524. The number of hydrogen-bond acceptors (Lipinski definition) is 3. The van der Waals surface area contributed by atoms with Crippen molar-refractivity contribution < 1.29 is 14.3 Å². The van der Waals surface area contributed by atoms with Gasteiger partial charge in [-0.1, -0.05) is 35.2 Å². The van der Waals surface area contributed by atoms with Gasteiger partial charge in [0.15, 0.2) is 0 Å². The molecule has 0 spiro atoms. The van der Waals surface area contributed by atoms with Crippen LogP contribution in [0.2, 0.25) is 0 Å². The van der Waals surface area contributed by atoms with Crippen molar-refractivity contribution in [2.24, 2.45) is 5.92 Å². The number of carbonyl (C=O) groups is 2. The third kappa shape index (κ3) is 7.16. The van der Waals surface area contributed by atoms with Gasteiger partial charge >= 0.3 is 6.09 Å². The summed E-state index contributed by atoms with van der Waals surface area (Å²) in [6.07, 6.45) is 8.25. The van der Waals surface area contributed by atoms with E-state index in [2.05, 4.69) is 21.2 Å². The molecule has 3 atom stereocenters. The maximum atomic E-state index is 12.7. The molecule has 1 N–H and O–H groups in total. The lowest BCUT2D eigenvalue weighted by Crippen LogP contribution is -2.42. The number of ether oxygens (including phenoxy) is 1. The van der Waals surface area contributed by atoms with Gasteiger partial charge in [0.25, 0.3) is 0 Å². The quantitative estimate of drug-likeness (QED) is 0.684. The normalized spacial score (nSPS) is 28.6. The first-order chi connectivity index (χ1) is 11.7. The van der Waals surface area contributed by atoms with E-state index in [0.29, 0.717) is 17.9 Å². The van der Waals surface area contributed by atoms with Crippen molar-refractivity contribution >= 4 is 27.9 Å². The van der Waals surface area contributed by atoms with E-state index in [0.717, 1.165) is 38.5 Å². The van der Waals surface area contributed by atoms with Crippen LogP contribution in [-0.2, 0) is 9.53 Å². The zero-order valence-corrected chi connectivity index (χ0v) is 17.4. The van der Waals surface area contributed by atoms with Crippen LogP contribution in [0.15, 0.2) is 0 Å². The molecule has 1 aliphatic carbocycles. The zero-order chi connectivity index (χ0) is 18.4. The number of alkyl halides is 1. The van der Waals surface area contributed by atoms with E-state index in [4.69, 9.17) is 4.74 Å². The summed E-state index contributed by atoms with van der Waals surface area (Å²) in [7, 11) is 0. The largest absolute Gasteiger partial charge is 0.444 e. The highest BCUT2D eigenvalue weighted by molar-refractivity contribution is 9.09. The maximum Gasteiger partial charge on any atom is 0.410 e. The van der Waals surface area contributed by atoms with Gasteiger partial charge < -0.3 is 15.0 Å². The lowest BCUT2D eigenvalue weighted by atomic mass is 9.95. The van der Waals surface area contributed by atoms with Crippen molar-refractivity contribution in [3.63, 3.8) is 0 Å². The highest BCUT2D eigenvalue weighted by Crippen LogP contribution is 2.26. The molecule has 25 heavy (non-hydrogen) atoms. The molecule has 144 valence electrons. The molecule has 6 heteroatoms. The highest BCUT2D eigenvalue weighted by Gasteiger charge is 2.31. The van der Waals surface area contributed by atoms with Crippen molar-refractivity contribution in [3.8, 4) is 0 Å². The Labute approximate surface area is 160 Å². The number of nitrogens with zero attached hydrogens (tertiary/aromatic N) is 1. The van der Waals surface area contributed by atoms with Crippen LogP contribution in [0.5, 0.6) is 0 Å². The number of nitrogens with one attached hydrogen (secondary N) is 1. The average Bonchev–Trinajstić information content (AvgIpc) is 2.98. The van der Waals surface area contributed by atoms with Crippen molar-refractivity contribution in [1.29, 1.82) is 0 Å². The Morgan fingerprint density at radius 2 is 1.68 bits per heavy atom. The summed E-state index contributed by atoms with van der Waals surface area (Å²) >= 11 is 3.73. The Morgan fingerprint density at radius 1 is 1.04 bits per heavy atom. The lowest BCUT2D eigenvalue weighted by molar-refractivity contribution is -0.126. The van der Waals surface area contributed by atoms with Gasteiger partial charge in [-0.05, 0) is 52.9 Å². The van der Waals surface area contributed by atoms with Crippen LogP contribution in [0.1, 0.15) is 72.1 Å². The van der Waals surface area contributed by atoms with Crippen LogP contribution in [0, 0.1) is 5.92 Å². The molecule has 0 aromatic heterocycles. The van der Waals surface area contributed by atoms with Gasteiger partial charge in [0.2, 0.25) is 5.91 Å². The van der Waals surface area contributed by atoms with E-state index in [1.165, 1.54) is 12.8 Å². The number of amides is 2. The predicted octanol–water partition coefficient (Wildman–Crippen LogP) is 4.24. The number of rotatable bonds is 2. The third-order valence-electron chi connectivity index (χ3n) is 4.95. The Balaban J connectivity index is 1.79. The van der Waals surface area contributed by atoms with E-state index in [-0.39, 0.29) is 24.0 Å². The molecule has 2 amide bonds. The lowest BCUT2D eigenvalue weighted by Gasteiger charge is -2.24. The standard InChI is InChI=1S/C19H33BrN2O3/c1-19(2,3)25-18(24)22-12-11-16(13-22)21-17(23)14-7-4-5-9-15(20)10-6-8-14/h14-16H,4-13H2,1-3H3,(H,21,23)/t14?,15?,16-/m1/s1. The van der Waals surface area contributed by atoms with Crippen molar-refractivity contribution in [3.05, 3.63) is 0 Å². The molecule has 0 aromatic carbocycles. The minimum atomic E-state index is -0.483. The molecule has 2 unspecified atom stereocenters. The first kappa shape index (κ1) is 20.5. The molecule has 2 fully saturated rings. The molecule has 1 heterocycles. The number of likely N-dealkylation sites (tertiary alicyclic amines) is 1. The summed E-state index contributed by atoms with van der Waals surface area (Å²) in [5, 5.41) is 3.18. The molecule has 2 rings (SSSR count). The molecular formula is C19H33BrN2O3. The SMILES string of the molecule is CC(C)(C)OC(=O)N1CC[C@@H](NC(=O)C2CCCCC(Br)CCC2)C1. The summed E-state index contributed by atoms with van der Waals surface area (Å²) in [6.45, 7) is 6.81. The Bertz CT molecular complexity index is 464. The van der Waals surface area contributed by atoms with Crippen LogP contribution in [-0.4, -0.2) is 46.5 Å². The average molecular weight is 417 g/mol. The summed E-state index contributed by atoms with van der Waals surface area (Å²) in [5.74, 6) is 0.289. The van der Waals surface area contributed by atoms with Crippen molar-refractivity contribution in [2.45, 2.75) is 88.6 Å². The predicted molar refractivity (Wildman–Crippen MR) is 103 cm³/mol. The van der Waals surface area contributed by atoms with Crippen LogP contribution in [0.4, 0.5) is 4.79 Å². The van der Waals surface area contributed by atoms with Crippen molar-refractivity contribution in [1.82, 2.24) is 10.2 Å². The summed E-state index contributed by atoms with van der Waals surface area (Å²) in [5.41, 5.74) is -0.483. The van der Waals surface area contributed by atoms with E-state index in [1.54, 1.807) is 4.90 Å². The Kier molecular flexibility index (Phi) is 7.59. The van der Waals surface area contributed by atoms with Gasteiger partial charge in [-0.3, -0.25) is 4.79 Å². The van der Waals surface area contributed by atoms with E-state index in [1.807, 2.05) is 20.8 Å². The first-order valence-electron chi connectivity index (χ1n) is 9.67. The molecule has 5 nitrogen and oxygen atoms in total. The van der Waals surface area contributed by atoms with E-state index < -0.39 is 5.60 Å². The second-order valence-electron chi connectivity index (χ2n) is 8.43. The molecule has 0 radical (unpaired) electrons. The zero-order valence-electron chi connectivity index (χ0n) is 15.9. The van der Waals surface area contributed by atoms with Gasteiger partial charge in [0.05, 0.1) is 0 Å². The van der Waals surface area contributed by atoms with Crippen LogP contribution in [0.25, 0.3) is 0 Å². The van der Waals surface area contributed by atoms with Gasteiger partial charge in [-0.15, -0.1) is 0 Å². The fourth-order valence-corrected chi connectivity index (χ4v) is 4.23. The van der Waals surface area contributed by atoms with Crippen molar-refractivity contribution in [2.75, 3.05) is 13.1 Å². The fraction of sp³-hybridized carbons (Fsp3) is 0.895. The van der Waals surface area contributed by atoms with E-state index >= 15 is 0 Å². The molecule has 1 saturated carbocycles. The second-order valence-corrected chi connectivity index (χ2v) is 9.73. The highest BCUT2D eigenvalue weighted by atomic mass is 79.9. The smallest absolute Gasteiger partial charge is 0.410 e. The number of halogens is 1. The van der Waals surface area contributed by atoms with E-state index in [9.17, 15) is 9.59 Å². The fourth-order valence-electron chi connectivity index (χ4n) is 3.58. The summed E-state index contributed by atoms with van der Waals surface area (Å²) < 4.78 is 5.42. The second kappa shape index (κ2) is 9.24. The molecule has 0 aromatic rings. The topological polar surface area (TPSA) is 58.6 Å². The van der Waals surface area contributed by atoms with Crippen LogP contribution >= 0.6 is 15.9 Å². The number of hydrogen-bond donors (Lipinski definition) is 1. The molecular weight excluding hydrogens is 384 g/mol. The summed E-state index contributed by atoms with van der Waals surface area (Å²) in [4.78, 5) is 27.1. The molecule has 1 saturated heterocycles.